The first-order valence-electron chi connectivity index (χ1n) is 12.6. The standard InChI is InChI=1S/C27H33ClN4O5S/c1-36-25-11-9-21(17-26(25)37-2)38(34,35)32(20-6-4-3-5-7-20)18-27(33)31-15-14-30-23-12-13-29-24-16-19(28)8-10-22(23)24/h8-13,16-17,20H,3-7,14-15,18H2,1-2H3,(H,29,30)(H,31,33). The summed E-state index contributed by atoms with van der Waals surface area (Å²) in [4.78, 5) is 17.3. The summed E-state index contributed by atoms with van der Waals surface area (Å²) in [6.45, 7) is 0.530. The van der Waals surface area contributed by atoms with Crippen LogP contribution >= 0.6 is 11.6 Å². The van der Waals surface area contributed by atoms with E-state index < -0.39 is 10.0 Å². The van der Waals surface area contributed by atoms with E-state index in [0.29, 0.717) is 29.6 Å². The Morgan fingerprint density at radius 2 is 1.79 bits per heavy atom. The zero-order chi connectivity index (χ0) is 27.1. The van der Waals surface area contributed by atoms with E-state index >= 15 is 0 Å². The summed E-state index contributed by atoms with van der Waals surface area (Å²) in [6, 6.07) is 11.6. The topological polar surface area (TPSA) is 110 Å². The first-order chi connectivity index (χ1) is 18.3. The smallest absolute Gasteiger partial charge is 0.243 e. The lowest BCUT2D eigenvalue weighted by Crippen LogP contribution is -2.47. The number of hydrogen-bond acceptors (Lipinski definition) is 7. The van der Waals surface area contributed by atoms with Gasteiger partial charge >= 0.3 is 0 Å². The second-order valence-electron chi connectivity index (χ2n) is 9.16. The summed E-state index contributed by atoms with van der Waals surface area (Å²) < 4.78 is 39.3. The van der Waals surface area contributed by atoms with Crippen molar-refractivity contribution in [1.29, 1.82) is 0 Å². The van der Waals surface area contributed by atoms with Crippen LogP contribution in [0.4, 0.5) is 5.69 Å². The van der Waals surface area contributed by atoms with Crippen LogP contribution in [-0.2, 0) is 14.8 Å². The van der Waals surface area contributed by atoms with Crippen LogP contribution in [0.15, 0.2) is 53.6 Å². The normalized spacial score (nSPS) is 14.4. The molecule has 204 valence electrons. The van der Waals surface area contributed by atoms with E-state index in [-0.39, 0.29) is 23.4 Å². The molecule has 0 atom stereocenters. The number of fused-ring (bicyclic) bond motifs is 1. The molecule has 0 radical (unpaired) electrons. The van der Waals surface area contributed by atoms with Gasteiger partial charge < -0.3 is 20.1 Å². The molecule has 0 aliphatic heterocycles. The molecule has 38 heavy (non-hydrogen) atoms. The number of benzene rings is 2. The minimum atomic E-state index is -3.95. The number of sulfonamides is 1. The highest BCUT2D eigenvalue weighted by atomic mass is 35.5. The number of ether oxygens (including phenoxy) is 2. The monoisotopic (exact) mass is 560 g/mol. The van der Waals surface area contributed by atoms with E-state index in [4.69, 9.17) is 21.1 Å². The van der Waals surface area contributed by atoms with Gasteiger partial charge in [0.2, 0.25) is 15.9 Å². The molecule has 2 aromatic carbocycles. The number of amides is 1. The Balaban J connectivity index is 1.43. The van der Waals surface area contributed by atoms with Gasteiger partial charge in [0.15, 0.2) is 11.5 Å². The number of halogens is 1. The van der Waals surface area contributed by atoms with Crippen molar-refractivity contribution in [1.82, 2.24) is 14.6 Å². The lowest BCUT2D eigenvalue weighted by Gasteiger charge is -2.33. The van der Waals surface area contributed by atoms with E-state index in [1.807, 2.05) is 12.1 Å². The van der Waals surface area contributed by atoms with E-state index in [0.717, 1.165) is 48.7 Å². The Morgan fingerprint density at radius 1 is 1.03 bits per heavy atom. The number of hydrogen-bond donors (Lipinski definition) is 2. The molecule has 2 N–H and O–H groups in total. The van der Waals surface area contributed by atoms with Gasteiger partial charge in [-0.2, -0.15) is 4.31 Å². The average molecular weight is 561 g/mol. The van der Waals surface area contributed by atoms with Gasteiger partial charge in [0.1, 0.15) is 0 Å². The van der Waals surface area contributed by atoms with Crippen LogP contribution in [0, 0.1) is 0 Å². The molecule has 3 aromatic rings. The predicted octanol–water partition coefficient (Wildman–Crippen LogP) is 4.46. The van der Waals surface area contributed by atoms with Crippen molar-refractivity contribution in [2.75, 3.05) is 39.2 Å². The minimum Gasteiger partial charge on any atom is -0.493 e. The third-order valence-corrected chi connectivity index (χ3v) is 8.84. The number of pyridine rings is 1. The zero-order valence-corrected chi connectivity index (χ0v) is 23.1. The molecular formula is C27H33ClN4O5S. The third kappa shape index (κ3) is 6.48. The number of carbonyl (C=O) groups is 1. The van der Waals surface area contributed by atoms with Gasteiger partial charge in [-0.3, -0.25) is 9.78 Å². The van der Waals surface area contributed by atoms with E-state index in [9.17, 15) is 13.2 Å². The maximum atomic E-state index is 13.7. The summed E-state index contributed by atoms with van der Waals surface area (Å²) >= 11 is 6.06. The second kappa shape index (κ2) is 12.6. The first kappa shape index (κ1) is 27.9. The van der Waals surface area contributed by atoms with Crippen LogP contribution in [0.25, 0.3) is 10.9 Å². The van der Waals surface area contributed by atoms with Crippen molar-refractivity contribution in [2.24, 2.45) is 0 Å². The molecule has 1 heterocycles. The quantitative estimate of drug-likeness (QED) is 0.333. The summed E-state index contributed by atoms with van der Waals surface area (Å²) in [7, 11) is -1.00. The van der Waals surface area contributed by atoms with Crippen LogP contribution in [0.1, 0.15) is 32.1 Å². The molecule has 1 fully saturated rings. The van der Waals surface area contributed by atoms with Crippen molar-refractivity contribution >= 4 is 44.1 Å². The van der Waals surface area contributed by atoms with Crippen molar-refractivity contribution in [3.8, 4) is 11.5 Å². The van der Waals surface area contributed by atoms with Gasteiger partial charge in [0.25, 0.3) is 0 Å². The highest BCUT2D eigenvalue weighted by Gasteiger charge is 2.34. The van der Waals surface area contributed by atoms with Crippen LogP contribution in [0.5, 0.6) is 11.5 Å². The van der Waals surface area contributed by atoms with Gasteiger partial charge in [-0.05, 0) is 49.2 Å². The fourth-order valence-corrected chi connectivity index (χ4v) is 6.59. The lowest BCUT2D eigenvalue weighted by molar-refractivity contribution is -0.121. The first-order valence-corrected chi connectivity index (χ1v) is 14.4. The molecule has 1 aliphatic rings. The molecular weight excluding hydrogens is 528 g/mol. The maximum absolute atomic E-state index is 13.7. The molecule has 1 aliphatic carbocycles. The summed E-state index contributed by atoms with van der Waals surface area (Å²) in [5.41, 5.74) is 1.65. The molecule has 0 unspecified atom stereocenters. The SMILES string of the molecule is COc1ccc(S(=O)(=O)N(CC(=O)NCCNc2ccnc3cc(Cl)ccc23)C2CCCCC2)cc1OC. The number of rotatable bonds is 11. The number of carbonyl (C=O) groups excluding carboxylic acids is 1. The van der Waals surface area contributed by atoms with Crippen LogP contribution in [0.3, 0.4) is 0 Å². The fourth-order valence-electron chi connectivity index (χ4n) is 4.76. The molecule has 0 saturated heterocycles. The van der Waals surface area contributed by atoms with Gasteiger partial charge in [-0.25, -0.2) is 8.42 Å². The second-order valence-corrected chi connectivity index (χ2v) is 11.5. The predicted molar refractivity (Wildman–Crippen MR) is 149 cm³/mol. The minimum absolute atomic E-state index is 0.0693. The van der Waals surface area contributed by atoms with E-state index in [2.05, 4.69) is 15.6 Å². The fraction of sp³-hybridized carbons (Fsp3) is 0.407. The Bertz CT molecular complexity index is 1380. The van der Waals surface area contributed by atoms with Crippen LogP contribution < -0.4 is 20.1 Å². The van der Waals surface area contributed by atoms with Crippen LogP contribution in [0.2, 0.25) is 5.02 Å². The molecule has 4 rings (SSSR count). The molecule has 1 amide bonds. The molecule has 11 heteroatoms. The average Bonchev–Trinajstić information content (AvgIpc) is 2.93. The van der Waals surface area contributed by atoms with Gasteiger partial charge in [-0.1, -0.05) is 30.9 Å². The third-order valence-electron chi connectivity index (χ3n) is 6.71. The summed E-state index contributed by atoms with van der Waals surface area (Å²) in [6.07, 6.45) is 6.06. The van der Waals surface area contributed by atoms with Crippen LogP contribution in [-0.4, -0.2) is 63.5 Å². The van der Waals surface area contributed by atoms with Gasteiger partial charge in [0, 0.05) is 47.5 Å². The van der Waals surface area contributed by atoms with Crippen molar-refractivity contribution in [3.63, 3.8) is 0 Å². The Morgan fingerprint density at radius 3 is 2.53 bits per heavy atom. The Labute approximate surface area is 228 Å². The maximum Gasteiger partial charge on any atom is 0.243 e. The largest absolute Gasteiger partial charge is 0.493 e. The van der Waals surface area contributed by atoms with Gasteiger partial charge in [0.05, 0.1) is 31.2 Å². The molecule has 1 saturated carbocycles. The van der Waals surface area contributed by atoms with Crippen molar-refractivity contribution in [3.05, 3.63) is 53.7 Å². The Kier molecular flexibility index (Phi) is 9.30. The van der Waals surface area contributed by atoms with E-state index in [1.165, 1.54) is 30.7 Å². The molecule has 9 nitrogen and oxygen atoms in total. The molecule has 1 aromatic heterocycles. The number of aromatic nitrogens is 1. The number of nitrogens with zero attached hydrogens (tertiary/aromatic N) is 2. The summed E-state index contributed by atoms with van der Waals surface area (Å²) in [5.74, 6) is 0.400. The molecule has 0 bridgehead atoms. The lowest BCUT2D eigenvalue weighted by atomic mass is 9.95. The Hall–Kier alpha value is -3.08. The number of anilines is 1. The van der Waals surface area contributed by atoms with Crippen molar-refractivity contribution < 1.29 is 22.7 Å². The van der Waals surface area contributed by atoms with Crippen molar-refractivity contribution in [2.45, 2.75) is 43.0 Å². The zero-order valence-electron chi connectivity index (χ0n) is 21.6. The van der Waals surface area contributed by atoms with E-state index in [1.54, 1.807) is 24.4 Å². The highest BCUT2D eigenvalue weighted by molar-refractivity contribution is 7.89. The summed E-state index contributed by atoms with van der Waals surface area (Å²) in [5, 5.41) is 7.69. The number of methoxy groups -OCH3 is 2. The molecule has 0 spiro atoms. The van der Waals surface area contributed by atoms with Gasteiger partial charge in [-0.15, -0.1) is 0 Å². The number of nitrogens with one attached hydrogen (secondary N) is 2. The highest BCUT2D eigenvalue weighted by Crippen LogP contribution is 2.33.